The molecular weight excluding hydrogens is 388 g/mol. The van der Waals surface area contributed by atoms with Crippen molar-refractivity contribution in [1.29, 1.82) is 0 Å². The summed E-state index contributed by atoms with van der Waals surface area (Å²) in [6.45, 7) is 2.69. The third kappa shape index (κ3) is 3.58. The molecule has 4 nitrogen and oxygen atoms in total. The second-order valence-corrected chi connectivity index (χ2v) is 6.09. The molecule has 0 radical (unpaired) electrons. The molecule has 6 heteroatoms. The molecule has 0 heterocycles. The Morgan fingerprint density at radius 3 is 2.40 bits per heavy atom. The zero-order chi connectivity index (χ0) is 14.7. The van der Waals surface area contributed by atoms with Gasteiger partial charge >= 0.3 is 0 Å². The summed E-state index contributed by atoms with van der Waals surface area (Å²) in [5, 5.41) is 14.1. The fourth-order valence-electron chi connectivity index (χ4n) is 1.85. The Bertz CT molecular complexity index is 636. The molecule has 104 valence electrons. The third-order valence-electron chi connectivity index (χ3n) is 2.79. The molecule has 0 fully saturated rings. The van der Waals surface area contributed by atoms with Crippen LogP contribution in [0.5, 0.6) is 0 Å². The summed E-state index contributed by atoms with van der Waals surface area (Å²) in [7, 11) is 0. The van der Waals surface area contributed by atoms with E-state index in [0.29, 0.717) is 15.5 Å². The van der Waals surface area contributed by atoms with Gasteiger partial charge in [-0.3, -0.25) is 10.1 Å². The van der Waals surface area contributed by atoms with Crippen LogP contribution in [-0.2, 0) is 6.54 Å². The monoisotopic (exact) mass is 398 g/mol. The topological polar surface area (TPSA) is 55.2 Å². The first-order chi connectivity index (χ1) is 9.47. The number of nitrogens with zero attached hydrogens (tertiary/aromatic N) is 1. The number of nitrogens with one attached hydrogen (secondary N) is 1. The maximum atomic E-state index is 10.8. The number of benzene rings is 2. The Kier molecular flexibility index (Phi) is 4.77. The maximum absolute atomic E-state index is 10.8. The van der Waals surface area contributed by atoms with E-state index in [-0.39, 0.29) is 5.69 Å². The van der Waals surface area contributed by atoms with E-state index in [4.69, 9.17) is 0 Å². The van der Waals surface area contributed by atoms with Crippen LogP contribution in [0.3, 0.4) is 0 Å². The number of halogens is 2. The van der Waals surface area contributed by atoms with Gasteiger partial charge in [0.2, 0.25) is 0 Å². The SMILES string of the molecule is Cc1cccc(CNc2c(Br)cc([N+](=O)[O-])cc2Br)c1. The first-order valence-corrected chi connectivity index (χ1v) is 7.49. The van der Waals surface area contributed by atoms with Gasteiger partial charge in [0, 0.05) is 27.6 Å². The van der Waals surface area contributed by atoms with Crippen molar-refractivity contribution < 1.29 is 4.92 Å². The van der Waals surface area contributed by atoms with Gasteiger partial charge in [-0.1, -0.05) is 29.8 Å². The van der Waals surface area contributed by atoms with Crippen molar-refractivity contribution in [2.24, 2.45) is 0 Å². The highest BCUT2D eigenvalue weighted by Crippen LogP contribution is 2.35. The van der Waals surface area contributed by atoms with E-state index in [0.717, 1.165) is 11.3 Å². The zero-order valence-corrected chi connectivity index (χ0v) is 13.9. The molecule has 20 heavy (non-hydrogen) atoms. The molecule has 0 spiro atoms. The number of anilines is 1. The minimum Gasteiger partial charge on any atom is -0.379 e. The van der Waals surface area contributed by atoms with Crippen LogP contribution < -0.4 is 5.32 Å². The number of aryl methyl sites for hydroxylation is 1. The molecule has 0 unspecified atom stereocenters. The van der Waals surface area contributed by atoms with Crippen LogP contribution in [-0.4, -0.2) is 4.92 Å². The van der Waals surface area contributed by atoms with Crippen molar-refractivity contribution >= 4 is 43.2 Å². The molecular formula is C14H12Br2N2O2. The van der Waals surface area contributed by atoms with Crippen LogP contribution in [0.2, 0.25) is 0 Å². The van der Waals surface area contributed by atoms with Crippen LogP contribution >= 0.6 is 31.9 Å². The Morgan fingerprint density at radius 2 is 1.85 bits per heavy atom. The van der Waals surface area contributed by atoms with E-state index in [2.05, 4.69) is 43.2 Å². The van der Waals surface area contributed by atoms with E-state index < -0.39 is 4.92 Å². The normalized spacial score (nSPS) is 10.3. The molecule has 0 aliphatic carbocycles. The number of rotatable bonds is 4. The Balaban J connectivity index is 2.20. The lowest BCUT2D eigenvalue weighted by molar-refractivity contribution is -0.385. The van der Waals surface area contributed by atoms with E-state index in [1.54, 1.807) is 0 Å². The van der Waals surface area contributed by atoms with E-state index >= 15 is 0 Å². The van der Waals surface area contributed by atoms with Gasteiger partial charge in [0.05, 0.1) is 10.6 Å². The highest BCUT2D eigenvalue weighted by molar-refractivity contribution is 9.11. The highest BCUT2D eigenvalue weighted by atomic mass is 79.9. The van der Waals surface area contributed by atoms with Crippen molar-refractivity contribution in [1.82, 2.24) is 0 Å². The second-order valence-electron chi connectivity index (χ2n) is 4.38. The van der Waals surface area contributed by atoms with Crippen LogP contribution in [0.1, 0.15) is 11.1 Å². The average molecular weight is 400 g/mol. The minimum atomic E-state index is -0.417. The number of nitro groups is 1. The first kappa shape index (κ1) is 15.0. The van der Waals surface area contributed by atoms with E-state index in [9.17, 15) is 10.1 Å². The first-order valence-electron chi connectivity index (χ1n) is 5.90. The van der Waals surface area contributed by atoms with Crippen LogP contribution in [0.15, 0.2) is 45.3 Å². The fourth-order valence-corrected chi connectivity index (χ4v) is 3.29. The van der Waals surface area contributed by atoms with Crippen molar-refractivity contribution in [3.63, 3.8) is 0 Å². The minimum absolute atomic E-state index is 0.0462. The van der Waals surface area contributed by atoms with Gasteiger partial charge in [-0.15, -0.1) is 0 Å². The fraction of sp³-hybridized carbons (Fsp3) is 0.143. The Hall–Kier alpha value is -1.40. The van der Waals surface area contributed by atoms with Crippen molar-refractivity contribution in [3.05, 3.63) is 66.6 Å². The summed E-state index contributed by atoms with van der Waals surface area (Å²) in [6, 6.07) is 11.2. The van der Waals surface area contributed by atoms with Gasteiger partial charge in [0.25, 0.3) is 5.69 Å². The van der Waals surface area contributed by atoms with Crippen LogP contribution in [0.25, 0.3) is 0 Å². The molecule has 0 bridgehead atoms. The maximum Gasteiger partial charge on any atom is 0.271 e. The summed E-state index contributed by atoms with van der Waals surface area (Å²) in [5.41, 5.74) is 3.20. The Labute approximate surface area is 133 Å². The predicted octanol–water partition coefficient (Wildman–Crippen LogP) is 5.04. The average Bonchev–Trinajstić information content (AvgIpc) is 2.37. The van der Waals surface area contributed by atoms with Gasteiger partial charge in [-0.25, -0.2) is 0 Å². The molecule has 1 N–H and O–H groups in total. The molecule has 2 rings (SSSR count). The number of non-ortho nitro benzene ring substituents is 1. The molecule has 0 saturated heterocycles. The predicted molar refractivity (Wildman–Crippen MR) is 87.0 cm³/mol. The van der Waals surface area contributed by atoms with Gasteiger partial charge in [0.1, 0.15) is 0 Å². The standard InChI is InChI=1S/C14H12Br2N2O2/c1-9-3-2-4-10(5-9)8-17-14-12(15)6-11(18(19)20)7-13(14)16/h2-7,17H,8H2,1H3. The van der Waals surface area contributed by atoms with Gasteiger partial charge < -0.3 is 5.32 Å². The molecule has 2 aromatic rings. The molecule has 0 aliphatic heterocycles. The van der Waals surface area contributed by atoms with Gasteiger partial charge in [0.15, 0.2) is 0 Å². The lowest BCUT2D eigenvalue weighted by Crippen LogP contribution is -2.02. The van der Waals surface area contributed by atoms with Crippen molar-refractivity contribution in [2.45, 2.75) is 13.5 Å². The van der Waals surface area contributed by atoms with Crippen molar-refractivity contribution in [2.75, 3.05) is 5.32 Å². The smallest absolute Gasteiger partial charge is 0.271 e. The van der Waals surface area contributed by atoms with Crippen molar-refractivity contribution in [3.8, 4) is 0 Å². The molecule has 2 aromatic carbocycles. The highest BCUT2D eigenvalue weighted by Gasteiger charge is 2.13. The Morgan fingerprint density at radius 1 is 1.20 bits per heavy atom. The molecule has 0 atom stereocenters. The van der Waals surface area contributed by atoms with Crippen LogP contribution in [0, 0.1) is 17.0 Å². The lowest BCUT2D eigenvalue weighted by atomic mass is 10.1. The molecule has 0 amide bonds. The van der Waals surface area contributed by atoms with Gasteiger partial charge in [-0.2, -0.15) is 0 Å². The number of nitro benzene ring substituents is 1. The number of hydrogen-bond donors (Lipinski definition) is 1. The summed E-state index contributed by atoms with van der Waals surface area (Å²) in [5.74, 6) is 0. The summed E-state index contributed by atoms with van der Waals surface area (Å²) >= 11 is 6.71. The summed E-state index contributed by atoms with van der Waals surface area (Å²) in [4.78, 5) is 10.4. The quantitative estimate of drug-likeness (QED) is 0.578. The second kappa shape index (κ2) is 6.37. The molecule has 0 aliphatic rings. The third-order valence-corrected chi connectivity index (χ3v) is 4.04. The molecule has 0 aromatic heterocycles. The zero-order valence-electron chi connectivity index (χ0n) is 10.7. The van der Waals surface area contributed by atoms with Gasteiger partial charge in [-0.05, 0) is 44.3 Å². The van der Waals surface area contributed by atoms with E-state index in [1.165, 1.54) is 17.7 Å². The molecule has 0 saturated carbocycles. The lowest BCUT2D eigenvalue weighted by Gasteiger charge is -2.11. The van der Waals surface area contributed by atoms with Crippen LogP contribution in [0.4, 0.5) is 11.4 Å². The largest absolute Gasteiger partial charge is 0.379 e. The van der Waals surface area contributed by atoms with E-state index in [1.807, 2.05) is 25.1 Å². The summed E-state index contributed by atoms with van der Waals surface area (Å²) < 4.78 is 1.32. The summed E-state index contributed by atoms with van der Waals surface area (Å²) in [6.07, 6.45) is 0. The number of hydrogen-bond acceptors (Lipinski definition) is 3.